The minimum atomic E-state index is 0.191. The molecule has 0 unspecified atom stereocenters. The fourth-order valence-electron chi connectivity index (χ4n) is 3.67. The van der Waals surface area contributed by atoms with Gasteiger partial charge in [-0.05, 0) is 60.5 Å². The van der Waals surface area contributed by atoms with Crippen LogP contribution in [0.15, 0.2) is 47.4 Å². The highest BCUT2D eigenvalue weighted by Crippen LogP contribution is 2.30. The van der Waals surface area contributed by atoms with Crippen LogP contribution in [0.5, 0.6) is 5.75 Å². The molecule has 0 radical (unpaired) electrons. The lowest BCUT2D eigenvalue weighted by Gasteiger charge is -2.29. The summed E-state index contributed by atoms with van der Waals surface area (Å²) in [5.74, 6) is 1.60. The number of fused-ring (bicyclic) bond motifs is 1. The second kappa shape index (κ2) is 7.17. The molecule has 1 aliphatic heterocycles. The summed E-state index contributed by atoms with van der Waals surface area (Å²) < 4.78 is 12.9. The number of hydrogen-bond acceptors (Lipinski definition) is 8. The van der Waals surface area contributed by atoms with Gasteiger partial charge in [-0.25, -0.2) is 9.61 Å². The van der Waals surface area contributed by atoms with Crippen molar-refractivity contribution in [2.45, 2.75) is 18.9 Å². The number of rotatable bonds is 4. The highest BCUT2D eigenvalue weighted by atomic mass is 16.6. The summed E-state index contributed by atoms with van der Waals surface area (Å²) in [5, 5.41) is 7.61. The van der Waals surface area contributed by atoms with Crippen molar-refractivity contribution < 1.29 is 9.37 Å². The number of benzene rings is 1. The number of likely N-dealkylation sites (tertiary alicyclic amines) is 1. The van der Waals surface area contributed by atoms with Gasteiger partial charge in [0.25, 0.3) is 0 Å². The van der Waals surface area contributed by atoms with Gasteiger partial charge in [0.15, 0.2) is 17.3 Å². The van der Waals surface area contributed by atoms with Gasteiger partial charge in [-0.3, -0.25) is 9.55 Å². The van der Waals surface area contributed by atoms with Crippen LogP contribution in [0, 0.1) is 0 Å². The maximum Gasteiger partial charge on any atom is 0.199 e. The number of hydrogen-bond donors (Lipinski definition) is 1. The van der Waals surface area contributed by atoms with E-state index in [1.807, 2.05) is 34.9 Å². The molecule has 4 heterocycles. The van der Waals surface area contributed by atoms with E-state index in [1.165, 1.54) is 0 Å². The van der Waals surface area contributed by atoms with Gasteiger partial charge in [0, 0.05) is 25.0 Å². The highest BCUT2D eigenvalue weighted by molar-refractivity contribution is 5.83. The van der Waals surface area contributed by atoms with Gasteiger partial charge in [-0.2, -0.15) is 0 Å². The summed E-state index contributed by atoms with van der Waals surface area (Å²) in [6.45, 7) is 2.13. The molecule has 29 heavy (non-hydrogen) atoms. The Balaban J connectivity index is 1.50. The van der Waals surface area contributed by atoms with Crippen LogP contribution in [0.25, 0.3) is 28.2 Å². The van der Waals surface area contributed by atoms with Gasteiger partial charge in [-0.15, -0.1) is 0 Å². The minimum absolute atomic E-state index is 0.191. The Hall–Kier alpha value is -3.46. The van der Waals surface area contributed by atoms with Gasteiger partial charge in [0.05, 0.1) is 11.7 Å². The molecule has 1 fully saturated rings. The number of nitrogens with two attached hydrogens (primary N) is 1. The second-order valence-electron chi connectivity index (χ2n) is 7.25. The molecule has 0 atom stereocenters. The Bertz CT molecular complexity index is 1130. The Kier molecular flexibility index (Phi) is 4.36. The largest absolute Gasteiger partial charge is 0.490 e. The number of aromatic nitrogens is 5. The molecule has 1 saturated heterocycles. The van der Waals surface area contributed by atoms with Gasteiger partial charge in [-0.1, -0.05) is 0 Å². The Labute approximate surface area is 167 Å². The SMILES string of the molecule is CN1CCC(Oc2ccc(-n3c(-c4nonc4N)nc4cnccc43)cc2)CC1. The predicted octanol–water partition coefficient (Wildman–Crippen LogP) is 2.53. The summed E-state index contributed by atoms with van der Waals surface area (Å²) in [6, 6.07) is 9.86. The summed E-state index contributed by atoms with van der Waals surface area (Å²) in [7, 11) is 2.14. The molecule has 9 heteroatoms. The van der Waals surface area contributed by atoms with Crippen molar-refractivity contribution in [3.8, 4) is 23.0 Å². The second-order valence-corrected chi connectivity index (χ2v) is 7.25. The van der Waals surface area contributed by atoms with Crippen LogP contribution in [0.2, 0.25) is 0 Å². The molecular formula is C20H21N7O2. The lowest BCUT2D eigenvalue weighted by molar-refractivity contribution is 0.114. The standard InChI is InChI=1S/C20H21N7O2/c1-26-10-7-15(8-11-26)28-14-4-2-13(3-5-14)27-17-6-9-22-12-16(17)23-20(27)18-19(21)25-29-24-18/h2-6,9,12,15H,7-8,10-11H2,1H3,(H2,21,25). The highest BCUT2D eigenvalue weighted by Gasteiger charge is 2.21. The third kappa shape index (κ3) is 3.29. The van der Waals surface area contributed by atoms with Crippen LogP contribution in [0.1, 0.15) is 12.8 Å². The molecule has 0 aliphatic carbocycles. The van der Waals surface area contributed by atoms with E-state index in [2.05, 4.69) is 32.2 Å². The van der Waals surface area contributed by atoms with Crippen molar-refractivity contribution >= 4 is 16.9 Å². The van der Waals surface area contributed by atoms with Gasteiger partial charge in [0.2, 0.25) is 0 Å². The van der Waals surface area contributed by atoms with Crippen LogP contribution in [0.3, 0.4) is 0 Å². The zero-order chi connectivity index (χ0) is 19.8. The number of piperidine rings is 1. The molecule has 3 aromatic heterocycles. The van der Waals surface area contributed by atoms with E-state index in [-0.39, 0.29) is 11.9 Å². The molecule has 148 valence electrons. The maximum atomic E-state index is 6.17. The fraction of sp³-hybridized carbons (Fsp3) is 0.300. The summed E-state index contributed by atoms with van der Waals surface area (Å²) >= 11 is 0. The molecule has 0 saturated carbocycles. The van der Waals surface area contributed by atoms with Crippen LogP contribution in [-0.4, -0.2) is 56.0 Å². The number of nitrogens with zero attached hydrogens (tertiary/aromatic N) is 6. The molecule has 4 aromatic rings. The van der Waals surface area contributed by atoms with E-state index in [0.29, 0.717) is 11.5 Å². The summed E-state index contributed by atoms with van der Waals surface area (Å²) in [5.41, 5.74) is 8.85. The average Bonchev–Trinajstić information content (AvgIpc) is 3.33. The maximum absolute atomic E-state index is 6.17. The molecule has 0 bridgehead atoms. The van der Waals surface area contributed by atoms with Crippen LogP contribution in [-0.2, 0) is 0 Å². The van der Waals surface area contributed by atoms with Crippen molar-refractivity contribution in [1.29, 1.82) is 0 Å². The molecule has 1 aromatic carbocycles. The number of nitrogen functional groups attached to an aromatic ring is 1. The lowest BCUT2D eigenvalue weighted by Crippen LogP contribution is -2.35. The zero-order valence-electron chi connectivity index (χ0n) is 16.0. The van der Waals surface area contributed by atoms with Crippen molar-refractivity contribution in [2.24, 2.45) is 0 Å². The lowest BCUT2D eigenvalue weighted by atomic mass is 10.1. The first-order valence-corrected chi connectivity index (χ1v) is 9.55. The fourth-order valence-corrected chi connectivity index (χ4v) is 3.67. The Morgan fingerprint density at radius 2 is 1.90 bits per heavy atom. The van der Waals surface area contributed by atoms with Crippen LogP contribution < -0.4 is 10.5 Å². The van der Waals surface area contributed by atoms with E-state index in [4.69, 9.17) is 15.1 Å². The van der Waals surface area contributed by atoms with Gasteiger partial charge >= 0.3 is 0 Å². The monoisotopic (exact) mass is 391 g/mol. The number of anilines is 1. The molecule has 5 rings (SSSR count). The normalized spacial score (nSPS) is 15.8. The first-order valence-electron chi connectivity index (χ1n) is 9.55. The van der Waals surface area contributed by atoms with Crippen molar-refractivity contribution in [3.05, 3.63) is 42.7 Å². The first kappa shape index (κ1) is 17.6. The van der Waals surface area contributed by atoms with Crippen LogP contribution >= 0.6 is 0 Å². The molecule has 0 amide bonds. The van der Waals surface area contributed by atoms with Crippen molar-refractivity contribution in [3.63, 3.8) is 0 Å². The van der Waals surface area contributed by atoms with Crippen LogP contribution in [0.4, 0.5) is 5.82 Å². The summed E-state index contributed by atoms with van der Waals surface area (Å²) in [4.78, 5) is 11.1. The summed E-state index contributed by atoms with van der Waals surface area (Å²) in [6.07, 6.45) is 5.77. The smallest absolute Gasteiger partial charge is 0.199 e. The quantitative estimate of drug-likeness (QED) is 0.565. The molecule has 2 N–H and O–H groups in total. The average molecular weight is 391 g/mol. The van der Waals surface area contributed by atoms with E-state index in [1.54, 1.807) is 12.4 Å². The topological polar surface area (TPSA) is 108 Å². The van der Waals surface area contributed by atoms with Crippen molar-refractivity contribution in [1.82, 2.24) is 29.7 Å². The number of imidazole rings is 1. The Morgan fingerprint density at radius 1 is 1.10 bits per heavy atom. The number of pyridine rings is 1. The zero-order valence-corrected chi connectivity index (χ0v) is 16.0. The minimum Gasteiger partial charge on any atom is -0.490 e. The Morgan fingerprint density at radius 3 is 2.62 bits per heavy atom. The van der Waals surface area contributed by atoms with Gasteiger partial charge < -0.3 is 15.4 Å². The third-order valence-electron chi connectivity index (χ3n) is 5.25. The predicted molar refractivity (Wildman–Crippen MR) is 108 cm³/mol. The molecule has 1 aliphatic rings. The molecule has 9 nitrogen and oxygen atoms in total. The van der Waals surface area contributed by atoms with E-state index < -0.39 is 0 Å². The van der Waals surface area contributed by atoms with Gasteiger partial charge in [0.1, 0.15) is 17.4 Å². The van der Waals surface area contributed by atoms with E-state index in [9.17, 15) is 0 Å². The van der Waals surface area contributed by atoms with E-state index in [0.717, 1.165) is 48.4 Å². The third-order valence-corrected chi connectivity index (χ3v) is 5.25. The number of ether oxygens (including phenoxy) is 1. The molecular weight excluding hydrogens is 370 g/mol. The molecule has 0 spiro atoms. The first-order chi connectivity index (χ1) is 14.2. The van der Waals surface area contributed by atoms with Crippen molar-refractivity contribution in [2.75, 3.05) is 25.9 Å². The van der Waals surface area contributed by atoms with E-state index >= 15 is 0 Å².